The summed E-state index contributed by atoms with van der Waals surface area (Å²) in [5, 5.41) is 2.09. The Morgan fingerprint density at radius 1 is 1.10 bits per heavy atom. The summed E-state index contributed by atoms with van der Waals surface area (Å²) in [6, 6.07) is -0.338. The van der Waals surface area contributed by atoms with Crippen molar-refractivity contribution < 1.29 is 22.4 Å². The molecule has 0 aromatic heterocycles. The zero-order valence-electron chi connectivity index (χ0n) is 11.0. The number of amides is 2. The van der Waals surface area contributed by atoms with Crippen molar-refractivity contribution >= 4 is 11.7 Å². The second kappa shape index (κ2) is 5.30. The van der Waals surface area contributed by atoms with Crippen molar-refractivity contribution in [1.29, 1.82) is 0 Å². The highest BCUT2D eigenvalue weighted by Crippen LogP contribution is 2.27. The molecule has 1 fully saturated rings. The van der Waals surface area contributed by atoms with Crippen LogP contribution in [-0.4, -0.2) is 23.0 Å². The highest BCUT2D eigenvalue weighted by Gasteiger charge is 2.32. The Morgan fingerprint density at radius 3 is 2.20 bits per heavy atom. The van der Waals surface area contributed by atoms with Crippen molar-refractivity contribution in [3.63, 3.8) is 0 Å². The normalized spacial score (nSPS) is 22.2. The summed E-state index contributed by atoms with van der Waals surface area (Å²) in [6.45, 7) is 3.65. The minimum Gasteiger partial charge on any atom is -0.319 e. The van der Waals surface area contributed by atoms with Crippen LogP contribution in [0.4, 0.5) is 28.0 Å². The first-order chi connectivity index (χ1) is 9.32. The van der Waals surface area contributed by atoms with Crippen LogP contribution in [0.25, 0.3) is 0 Å². The van der Waals surface area contributed by atoms with Crippen molar-refractivity contribution in [3.05, 3.63) is 29.3 Å². The summed E-state index contributed by atoms with van der Waals surface area (Å²) in [5.74, 6) is -7.01. The molecule has 2 rings (SSSR count). The van der Waals surface area contributed by atoms with Gasteiger partial charge in [0.2, 0.25) is 0 Å². The maximum Gasteiger partial charge on any atom is 0.322 e. The van der Waals surface area contributed by atoms with E-state index in [4.69, 9.17) is 0 Å². The van der Waals surface area contributed by atoms with E-state index in [0.717, 1.165) is 12.8 Å². The van der Waals surface area contributed by atoms with Gasteiger partial charge in [-0.05, 0) is 26.7 Å². The number of urea groups is 1. The fourth-order valence-corrected chi connectivity index (χ4v) is 2.44. The van der Waals surface area contributed by atoms with Gasteiger partial charge in [0.15, 0.2) is 23.3 Å². The van der Waals surface area contributed by atoms with Crippen LogP contribution >= 0.6 is 0 Å². The van der Waals surface area contributed by atoms with E-state index in [2.05, 4.69) is 5.32 Å². The topological polar surface area (TPSA) is 32.3 Å². The molecule has 1 aromatic rings. The lowest BCUT2D eigenvalue weighted by atomic mass is 10.2. The Morgan fingerprint density at radius 2 is 1.65 bits per heavy atom. The van der Waals surface area contributed by atoms with Crippen molar-refractivity contribution in [2.45, 2.75) is 38.8 Å². The van der Waals surface area contributed by atoms with Crippen molar-refractivity contribution in [3.8, 4) is 0 Å². The van der Waals surface area contributed by atoms with E-state index in [9.17, 15) is 22.4 Å². The molecule has 0 saturated carbocycles. The molecule has 1 saturated heterocycles. The van der Waals surface area contributed by atoms with Gasteiger partial charge in [-0.25, -0.2) is 22.4 Å². The van der Waals surface area contributed by atoms with Gasteiger partial charge in [-0.3, -0.25) is 0 Å². The van der Waals surface area contributed by atoms with Crippen molar-refractivity contribution in [2.75, 3.05) is 5.32 Å². The third-order valence-corrected chi connectivity index (χ3v) is 3.53. The maximum absolute atomic E-state index is 13.5. The Labute approximate surface area is 113 Å². The average molecular weight is 290 g/mol. The summed E-state index contributed by atoms with van der Waals surface area (Å²) in [5.41, 5.74) is -0.710. The number of rotatable bonds is 1. The van der Waals surface area contributed by atoms with Crippen molar-refractivity contribution in [2.24, 2.45) is 0 Å². The monoisotopic (exact) mass is 290 g/mol. The summed E-state index contributed by atoms with van der Waals surface area (Å²) >= 11 is 0. The molecule has 1 N–H and O–H groups in total. The van der Waals surface area contributed by atoms with E-state index in [-0.39, 0.29) is 12.1 Å². The van der Waals surface area contributed by atoms with E-state index in [1.165, 1.54) is 4.90 Å². The summed E-state index contributed by atoms with van der Waals surface area (Å²) in [6.07, 6.45) is 1.59. The zero-order valence-corrected chi connectivity index (χ0v) is 11.0. The number of likely N-dealkylation sites (tertiary alicyclic amines) is 1. The largest absolute Gasteiger partial charge is 0.322 e. The highest BCUT2D eigenvalue weighted by molar-refractivity contribution is 5.90. The molecule has 2 amide bonds. The van der Waals surface area contributed by atoms with Crippen LogP contribution in [0.1, 0.15) is 26.7 Å². The predicted molar refractivity (Wildman–Crippen MR) is 65.3 cm³/mol. The lowest BCUT2D eigenvalue weighted by Gasteiger charge is -2.26. The standard InChI is InChI=1S/C13H14F4N2O/c1-6-3-4-7(2)19(6)13(20)18-9-5-8(14)10(15)12(17)11(9)16/h5-7H,3-4H2,1-2H3,(H,18,20)/t6-,7+. The number of carbonyl (C=O) groups excluding carboxylic acids is 1. The Balaban J connectivity index is 2.24. The minimum absolute atomic E-state index is 0.0526. The van der Waals surface area contributed by atoms with Crippen LogP contribution in [0.5, 0.6) is 0 Å². The number of nitrogens with one attached hydrogen (secondary N) is 1. The summed E-state index contributed by atoms with van der Waals surface area (Å²) < 4.78 is 52.4. The number of nitrogens with zero attached hydrogens (tertiary/aromatic N) is 1. The van der Waals surface area contributed by atoms with Gasteiger partial charge in [-0.1, -0.05) is 0 Å². The van der Waals surface area contributed by atoms with Crippen LogP contribution in [0.15, 0.2) is 6.07 Å². The van der Waals surface area contributed by atoms with Crippen LogP contribution in [0, 0.1) is 23.3 Å². The highest BCUT2D eigenvalue weighted by atomic mass is 19.2. The lowest BCUT2D eigenvalue weighted by Crippen LogP contribution is -2.41. The predicted octanol–water partition coefficient (Wildman–Crippen LogP) is 3.65. The lowest BCUT2D eigenvalue weighted by molar-refractivity contribution is 0.194. The quantitative estimate of drug-likeness (QED) is 0.478. The molecule has 0 aliphatic carbocycles. The SMILES string of the molecule is C[C@@H]1CC[C@H](C)N1C(=O)Nc1cc(F)c(F)c(F)c1F. The first-order valence-electron chi connectivity index (χ1n) is 6.25. The molecule has 7 heteroatoms. The second-order valence-electron chi connectivity index (χ2n) is 4.96. The average Bonchev–Trinajstić information content (AvgIpc) is 2.73. The molecule has 1 aromatic carbocycles. The number of benzene rings is 1. The first kappa shape index (κ1) is 14.6. The Kier molecular flexibility index (Phi) is 3.87. The number of hydrogen-bond acceptors (Lipinski definition) is 1. The van der Waals surface area contributed by atoms with Gasteiger partial charge < -0.3 is 10.2 Å². The van der Waals surface area contributed by atoms with E-state index in [1.54, 1.807) is 0 Å². The summed E-state index contributed by atoms with van der Waals surface area (Å²) in [7, 11) is 0. The van der Waals surface area contributed by atoms with Gasteiger partial charge in [0.05, 0.1) is 5.69 Å². The Hall–Kier alpha value is -1.79. The van der Waals surface area contributed by atoms with Gasteiger partial charge in [-0.2, -0.15) is 0 Å². The van der Waals surface area contributed by atoms with E-state index in [0.29, 0.717) is 6.07 Å². The number of halogens is 4. The van der Waals surface area contributed by atoms with Gasteiger partial charge in [-0.15, -0.1) is 0 Å². The van der Waals surface area contributed by atoms with Gasteiger partial charge >= 0.3 is 6.03 Å². The van der Waals surface area contributed by atoms with Gasteiger partial charge in [0, 0.05) is 18.2 Å². The van der Waals surface area contributed by atoms with Crippen molar-refractivity contribution in [1.82, 2.24) is 4.90 Å². The van der Waals surface area contributed by atoms with Gasteiger partial charge in [0.1, 0.15) is 0 Å². The van der Waals surface area contributed by atoms with E-state index in [1.807, 2.05) is 13.8 Å². The fourth-order valence-electron chi connectivity index (χ4n) is 2.44. The van der Waals surface area contributed by atoms with Crippen LogP contribution < -0.4 is 5.32 Å². The number of anilines is 1. The second-order valence-corrected chi connectivity index (χ2v) is 4.96. The maximum atomic E-state index is 13.5. The fraction of sp³-hybridized carbons (Fsp3) is 0.462. The molecule has 0 radical (unpaired) electrons. The minimum atomic E-state index is -1.94. The molecule has 0 spiro atoms. The molecule has 20 heavy (non-hydrogen) atoms. The van der Waals surface area contributed by atoms with Crippen LogP contribution in [-0.2, 0) is 0 Å². The molecular weight excluding hydrogens is 276 g/mol. The molecule has 3 nitrogen and oxygen atoms in total. The molecule has 1 aliphatic heterocycles. The molecule has 0 unspecified atom stereocenters. The number of hydrogen-bond donors (Lipinski definition) is 1. The van der Waals surface area contributed by atoms with E-state index < -0.39 is 35.0 Å². The molecule has 0 bridgehead atoms. The van der Waals surface area contributed by atoms with Gasteiger partial charge in [0.25, 0.3) is 0 Å². The molecule has 2 atom stereocenters. The Bertz CT molecular complexity index is 540. The number of carbonyl (C=O) groups is 1. The van der Waals surface area contributed by atoms with Crippen LogP contribution in [0.3, 0.4) is 0 Å². The van der Waals surface area contributed by atoms with Crippen LogP contribution in [0.2, 0.25) is 0 Å². The van der Waals surface area contributed by atoms with E-state index >= 15 is 0 Å². The molecular formula is C13H14F4N2O. The molecule has 1 aliphatic rings. The molecule has 1 heterocycles. The smallest absolute Gasteiger partial charge is 0.319 e. The molecule has 110 valence electrons. The zero-order chi connectivity index (χ0) is 15.0. The third-order valence-electron chi connectivity index (χ3n) is 3.53. The third kappa shape index (κ3) is 2.44. The summed E-state index contributed by atoms with van der Waals surface area (Å²) in [4.78, 5) is 13.5. The first-order valence-corrected chi connectivity index (χ1v) is 6.25.